The van der Waals surface area contributed by atoms with Crippen molar-refractivity contribution in [1.82, 2.24) is 14.6 Å². The molecule has 0 saturated carbocycles. The minimum Gasteiger partial charge on any atom is -0.364 e. The zero-order chi connectivity index (χ0) is 18.8. The Labute approximate surface area is 152 Å². The second-order valence-electron chi connectivity index (χ2n) is 5.91. The molecular weight excluding hydrogens is 350 g/mol. The van der Waals surface area contributed by atoms with Gasteiger partial charge in [0.25, 0.3) is 0 Å². The number of pyridine rings is 2. The fraction of sp³-hybridized carbons (Fsp3) is 0.0500. The summed E-state index contributed by atoms with van der Waals surface area (Å²) in [5.41, 5.74) is 0.418. The average molecular weight is 364 g/mol. The summed E-state index contributed by atoms with van der Waals surface area (Å²) in [7, 11) is 0. The molecule has 0 unspecified atom stereocenters. The highest BCUT2D eigenvalue weighted by atomic mass is 19.1. The van der Waals surface area contributed by atoms with Gasteiger partial charge in [0, 0.05) is 31.2 Å². The van der Waals surface area contributed by atoms with Crippen LogP contribution in [-0.4, -0.2) is 14.6 Å². The lowest BCUT2D eigenvalue weighted by molar-refractivity contribution is 0.589. The van der Waals surface area contributed by atoms with Gasteiger partial charge in [-0.1, -0.05) is 12.1 Å². The summed E-state index contributed by atoms with van der Waals surface area (Å²) >= 11 is 0. The van der Waals surface area contributed by atoms with Crippen LogP contribution in [0.3, 0.4) is 0 Å². The molecule has 0 aliphatic rings. The van der Waals surface area contributed by atoms with Crippen LogP contribution in [0.1, 0.15) is 5.56 Å². The first-order valence-corrected chi connectivity index (χ1v) is 8.23. The fourth-order valence-electron chi connectivity index (χ4n) is 2.87. The molecule has 3 aromatic heterocycles. The van der Waals surface area contributed by atoms with E-state index in [9.17, 15) is 13.6 Å². The molecule has 134 valence electrons. The minimum atomic E-state index is -0.793. The Hall–Kier alpha value is -3.61. The molecule has 0 saturated heterocycles. The van der Waals surface area contributed by atoms with Gasteiger partial charge in [0.1, 0.15) is 17.5 Å². The average Bonchev–Trinajstić information content (AvgIpc) is 2.68. The Morgan fingerprint density at radius 3 is 2.52 bits per heavy atom. The van der Waals surface area contributed by atoms with Gasteiger partial charge in [0.05, 0.1) is 16.6 Å². The van der Waals surface area contributed by atoms with Gasteiger partial charge < -0.3 is 5.32 Å². The van der Waals surface area contributed by atoms with Crippen molar-refractivity contribution in [3.8, 4) is 11.1 Å². The van der Waals surface area contributed by atoms with Crippen LogP contribution in [0, 0.1) is 11.6 Å². The molecule has 27 heavy (non-hydrogen) atoms. The van der Waals surface area contributed by atoms with E-state index in [1.807, 2.05) is 12.1 Å². The molecule has 4 aromatic rings. The van der Waals surface area contributed by atoms with Crippen LogP contribution < -0.4 is 10.7 Å². The van der Waals surface area contributed by atoms with E-state index in [0.29, 0.717) is 17.9 Å². The number of nitrogens with one attached hydrogen (secondary N) is 1. The second kappa shape index (κ2) is 6.95. The van der Waals surface area contributed by atoms with Crippen LogP contribution in [0.5, 0.6) is 0 Å². The highest BCUT2D eigenvalue weighted by molar-refractivity contribution is 5.80. The number of benzene rings is 1. The van der Waals surface area contributed by atoms with E-state index >= 15 is 0 Å². The molecule has 4 rings (SSSR count). The molecule has 7 heteroatoms. The number of anilines is 1. The van der Waals surface area contributed by atoms with E-state index in [1.165, 1.54) is 22.8 Å². The van der Waals surface area contributed by atoms with Crippen LogP contribution in [-0.2, 0) is 6.54 Å². The highest BCUT2D eigenvalue weighted by Gasteiger charge is 2.17. The normalized spacial score (nSPS) is 10.9. The summed E-state index contributed by atoms with van der Waals surface area (Å²) in [4.78, 5) is 16.4. The van der Waals surface area contributed by atoms with E-state index in [2.05, 4.69) is 15.4 Å². The van der Waals surface area contributed by atoms with E-state index in [0.717, 1.165) is 17.7 Å². The summed E-state index contributed by atoms with van der Waals surface area (Å²) in [6, 6.07) is 11.8. The molecule has 0 amide bonds. The lowest BCUT2D eigenvalue weighted by Gasteiger charge is -2.11. The molecule has 0 fully saturated rings. The van der Waals surface area contributed by atoms with Gasteiger partial charge in [0.2, 0.25) is 0 Å². The summed E-state index contributed by atoms with van der Waals surface area (Å²) in [5.74, 6) is -1.03. The Kier molecular flexibility index (Phi) is 4.33. The molecule has 0 spiro atoms. The Balaban J connectivity index is 1.76. The van der Waals surface area contributed by atoms with Gasteiger partial charge in [-0.05, 0) is 35.9 Å². The minimum absolute atomic E-state index is 0.0561. The van der Waals surface area contributed by atoms with E-state index in [4.69, 9.17) is 0 Å². The maximum Gasteiger partial charge on any atom is 0.190 e. The molecule has 0 radical (unpaired) electrons. The quantitative estimate of drug-likeness (QED) is 0.601. The van der Waals surface area contributed by atoms with Gasteiger partial charge in [-0.15, -0.1) is 0 Å². The summed E-state index contributed by atoms with van der Waals surface area (Å²) in [5, 5.41) is 7.53. The third-order valence-electron chi connectivity index (χ3n) is 4.14. The Morgan fingerprint density at radius 1 is 0.963 bits per heavy atom. The van der Waals surface area contributed by atoms with Crippen LogP contribution in [0.4, 0.5) is 14.6 Å². The van der Waals surface area contributed by atoms with Crippen LogP contribution >= 0.6 is 0 Å². The molecule has 0 aliphatic carbocycles. The van der Waals surface area contributed by atoms with Gasteiger partial charge in [0.15, 0.2) is 5.43 Å². The third kappa shape index (κ3) is 3.27. The van der Waals surface area contributed by atoms with E-state index in [1.54, 1.807) is 24.5 Å². The smallest absolute Gasteiger partial charge is 0.190 e. The summed E-state index contributed by atoms with van der Waals surface area (Å²) < 4.78 is 29.8. The van der Waals surface area contributed by atoms with Crippen molar-refractivity contribution >= 4 is 11.3 Å². The molecule has 0 bridgehead atoms. The number of halogens is 2. The Bertz CT molecular complexity index is 1160. The topological polar surface area (TPSA) is 59.3 Å². The molecule has 1 N–H and O–H groups in total. The van der Waals surface area contributed by atoms with Crippen molar-refractivity contribution in [2.45, 2.75) is 6.54 Å². The van der Waals surface area contributed by atoms with Gasteiger partial charge in [-0.3, -0.25) is 9.78 Å². The largest absolute Gasteiger partial charge is 0.364 e. The highest BCUT2D eigenvalue weighted by Crippen LogP contribution is 2.27. The predicted octanol–water partition coefficient (Wildman–Crippen LogP) is 3.65. The first kappa shape index (κ1) is 16.8. The zero-order valence-corrected chi connectivity index (χ0v) is 14.1. The molecule has 0 atom stereocenters. The summed E-state index contributed by atoms with van der Waals surface area (Å²) in [6.07, 6.45) is 4.90. The molecule has 5 nitrogen and oxygen atoms in total. The van der Waals surface area contributed by atoms with Gasteiger partial charge >= 0.3 is 0 Å². The van der Waals surface area contributed by atoms with Crippen molar-refractivity contribution in [2.75, 3.05) is 5.32 Å². The van der Waals surface area contributed by atoms with E-state index < -0.39 is 17.1 Å². The SMILES string of the molecule is O=c1ccn2nc(NCc3cccnc3)ccc2c1-c1c(F)cccc1F. The predicted molar refractivity (Wildman–Crippen MR) is 98.4 cm³/mol. The zero-order valence-electron chi connectivity index (χ0n) is 14.1. The molecule has 0 aliphatic heterocycles. The summed E-state index contributed by atoms with van der Waals surface area (Å²) in [6.45, 7) is 0.515. The number of hydrogen-bond acceptors (Lipinski definition) is 4. The molecule has 1 aromatic carbocycles. The van der Waals surface area contributed by atoms with Crippen molar-refractivity contribution < 1.29 is 8.78 Å². The van der Waals surface area contributed by atoms with Crippen molar-refractivity contribution in [3.05, 3.63) is 94.5 Å². The lowest BCUT2D eigenvalue weighted by Crippen LogP contribution is -2.12. The third-order valence-corrected chi connectivity index (χ3v) is 4.14. The van der Waals surface area contributed by atoms with Crippen molar-refractivity contribution in [2.24, 2.45) is 0 Å². The van der Waals surface area contributed by atoms with Gasteiger partial charge in [-0.2, -0.15) is 5.10 Å². The first-order chi connectivity index (χ1) is 13.1. The Morgan fingerprint density at radius 2 is 1.78 bits per heavy atom. The maximum atomic E-state index is 14.2. The van der Waals surface area contributed by atoms with Crippen LogP contribution in [0.2, 0.25) is 0 Å². The van der Waals surface area contributed by atoms with Crippen LogP contribution in [0.25, 0.3) is 16.6 Å². The number of hydrogen-bond donors (Lipinski definition) is 1. The fourth-order valence-corrected chi connectivity index (χ4v) is 2.87. The molecule has 3 heterocycles. The van der Waals surface area contributed by atoms with E-state index in [-0.39, 0.29) is 11.1 Å². The van der Waals surface area contributed by atoms with Crippen LogP contribution in [0.15, 0.2) is 71.9 Å². The number of fused-ring (bicyclic) bond motifs is 1. The first-order valence-electron chi connectivity index (χ1n) is 8.23. The number of nitrogens with zero attached hydrogens (tertiary/aromatic N) is 3. The van der Waals surface area contributed by atoms with Gasteiger partial charge in [-0.25, -0.2) is 13.3 Å². The lowest BCUT2D eigenvalue weighted by atomic mass is 10.0. The standard InChI is InChI=1S/C20H14F2N4O/c21-14-4-1-5-15(22)19(14)20-16-6-7-18(25-26(16)10-8-17(20)27)24-12-13-3-2-9-23-11-13/h1-11H,12H2,(H,24,25). The number of rotatable bonds is 4. The van der Waals surface area contributed by atoms with Crippen molar-refractivity contribution in [3.63, 3.8) is 0 Å². The number of aromatic nitrogens is 3. The monoisotopic (exact) mass is 364 g/mol. The maximum absolute atomic E-state index is 14.2. The second-order valence-corrected chi connectivity index (χ2v) is 5.91. The molecular formula is C20H14F2N4O. The van der Waals surface area contributed by atoms with Crippen molar-refractivity contribution in [1.29, 1.82) is 0 Å².